The second kappa shape index (κ2) is 10.5. The Morgan fingerprint density at radius 2 is 1.62 bits per heavy atom. The zero-order valence-corrected chi connectivity index (χ0v) is 17.5. The zero-order chi connectivity index (χ0) is 21.4. The van der Waals surface area contributed by atoms with Crippen molar-refractivity contribution in [1.29, 1.82) is 0 Å². The molecule has 0 bridgehead atoms. The van der Waals surface area contributed by atoms with Gasteiger partial charge < -0.3 is 24.4 Å². The Kier molecular flexibility index (Phi) is 8.03. The number of hydrogen-bond acceptors (Lipinski definition) is 6. The molecule has 0 unspecified atom stereocenters. The average Bonchev–Trinajstić information content (AvgIpc) is 2.72. The molecule has 0 aromatic heterocycles. The highest BCUT2D eigenvalue weighted by atomic mass is 16.5. The Hall–Kier alpha value is -3.06. The molecule has 0 fully saturated rings. The number of hydrogen-bond donors (Lipinski definition) is 1. The Bertz CT molecular complexity index is 834. The van der Waals surface area contributed by atoms with Crippen molar-refractivity contribution in [1.82, 2.24) is 10.2 Å². The summed E-state index contributed by atoms with van der Waals surface area (Å²) in [4.78, 5) is 26.7. The van der Waals surface area contributed by atoms with Crippen LogP contribution in [-0.4, -0.2) is 52.2 Å². The molecule has 1 atom stereocenters. The molecule has 0 spiro atoms. The van der Waals surface area contributed by atoms with Gasteiger partial charge in [-0.05, 0) is 49.5 Å². The third-order valence-corrected chi connectivity index (χ3v) is 4.43. The Labute approximate surface area is 171 Å². The van der Waals surface area contributed by atoms with Crippen molar-refractivity contribution in [2.75, 3.05) is 35.4 Å². The summed E-state index contributed by atoms with van der Waals surface area (Å²) in [5, 5.41) is 2.92. The molecule has 0 aliphatic carbocycles. The summed E-state index contributed by atoms with van der Waals surface area (Å²) in [6.07, 6.45) is -0.00354. The van der Waals surface area contributed by atoms with Gasteiger partial charge in [0.2, 0.25) is 0 Å². The number of rotatable bonds is 9. The quantitative estimate of drug-likeness (QED) is 0.653. The molecule has 0 saturated carbocycles. The first-order chi connectivity index (χ1) is 13.9. The van der Waals surface area contributed by atoms with Crippen molar-refractivity contribution in [3.63, 3.8) is 0 Å². The third kappa shape index (κ3) is 6.22. The summed E-state index contributed by atoms with van der Waals surface area (Å²) in [6.45, 7) is 0.790. The second-order valence-corrected chi connectivity index (χ2v) is 6.86. The summed E-state index contributed by atoms with van der Waals surface area (Å²) in [7, 11) is 8.37. The van der Waals surface area contributed by atoms with Crippen LogP contribution < -0.4 is 14.8 Å². The van der Waals surface area contributed by atoms with Crippen molar-refractivity contribution in [3.05, 3.63) is 59.2 Å². The Morgan fingerprint density at radius 1 is 0.966 bits per heavy atom. The summed E-state index contributed by atoms with van der Waals surface area (Å²) in [5.74, 6) is 0.384. The van der Waals surface area contributed by atoms with Crippen molar-refractivity contribution >= 4 is 11.9 Å². The van der Waals surface area contributed by atoms with Crippen LogP contribution in [0, 0.1) is 0 Å². The number of nitrogens with one attached hydrogen (secondary N) is 1. The van der Waals surface area contributed by atoms with Gasteiger partial charge in [0.25, 0.3) is 5.91 Å². The number of ether oxygens (including phenoxy) is 3. The van der Waals surface area contributed by atoms with E-state index in [1.165, 1.54) is 14.2 Å². The molecule has 29 heavy (non-hydrogen) atoms. The maximum atomic E-state index is 12.8. The van der Waals surface area contributed by atoms with E-state index in [9.17, 15) is 9.59 Å². The topological polar surface area (TPSA) is 77.1 Å². The van der Waals surface area contributed by atoms with Crippen molar-refractivity contribution in [3.8, 4) is 11.5 Å². The minimum Gasteiger partial charge on any atom is -0.493 e. The highest BCUT2D eigenvalue weighted by molar-refractivity contribution is 5.94. The fourth-order valence-electron chi connectivity index (χ4n) is 2.94. The summed E-state index contributed by atoms with van der Waals surface area (Å²) >= 11 is 0. The molecular formula is C22H28N2O5. The lowest BCUT2D eigenvalue weighted by Gasteiger charge is -2.20. The van der Waals surface area contributed by atoms with Crippen LogP contribution in [0.3, 0.4) is 0 Å². The first-order valence-corrected chi connectivity index (χ1v) is 9.21. The van der Waals surface area contributed by atoms with Gasteiger partial charge in [-0.3, -0.25) is 9.59 Å². The van der Waals surface area contributed by atoms with Crippen LogP contribution in [0.4, 0.5) is 0 Å². The van der Waals surface area contributed by atoms with Gasteiger partial charge in [-0.2, -0.15) is 0 Å². The zero-order valence-electron chi connectivity index (χ0n) is 17.5. The lowest BCUT2D eigenvalue weighted by atomic mass is 10.0. The van der Waals surface area contributed by atoms with E-state index >= 15 is 0 Å². The number of carbonyl (C=O) groups is 2. The van der Waals surface area contributed by atoms with Crippen LogP contribution in [0.15, 0.2) is 42.5 Å². The van der Waals surface area contributed by atoms with Gasteiger partial charge in [0.15, 0.2) is 11.5 Å². The number of nitrogens with zero attached hydrogens (tertiary/aromatic N) is 1. The molecule has 0 aliphatic heterocycles. The van der Waals surface area contributed by atoms with Crippen molar-refractivity contribution < 1.29 is 23.8 Å². The number of benzene rings is 2. The van der Waals surface area contributed by atoms with Crippen LogP contribution >= 0.6 is 0 Å². The van der Waals surface area contributed by atoms with Crippen LogP contribution in [-0.2, 0) is 16.1 Å². The van der Waals surface area contributed by atoms with E-state index in [1.54, 1.807) is 37.4 Å². The van der Waals surface area contributed by atoms with Gasteiger partial charge in [0, 0.05) is 12.1 Å². The van der Waals surface area contributed by atoms with Gasteiger partial charge in [0.05, 0.1) is 33.8 Å². The smallest absolute Gasteiger partial charge is 0.307 e. The molecule has 2 aromatic carbocycles. The van der Waals surface area contributed by atoms with E-state index in [-0.39, 0.29) is 12.3 Å². The van der Waals surface area contributed by atoms with E-state index in [0.29, 0.717) is 22.6 Å². The maximum Gasteiger partial charge on any atom is 0.307 e. The predicted molar refractivity (Wildman–Crippen MR) is 110 cm³/mol. The molecular weight excluding hydrogens is 372 g/mol. The molecule has 1 amide bonds. The first-order valence-electron chi connectivity index (χ1n) is 9.21. The molecule has 0 heterocycles. The Balaban J connectivity index is 2.24. The van der Waals surface area contributed by atoms with Crippen LogP contribution in [0.1, 0.15) is 33.9 Å². The number of amides is 1. The lowest BCUT2D eigenvalue weighted by molar-refractivity contribution is -0.141. The van der Waals surface area contributed by atoms with Crippen molar-refractivity contribution in [2.24, 2.45) is 0 Å². The predicted octanol–water partition coefficient (Wildman–Crippen LogP) is 2.80. The second-order valence-electron chi connectivity index (χ2n) is 6.86. The minimum absolute atomic E-state index is 0.00354. The monoisotopic (exact) mass is 400 g/mol. The fraction of sp³-hybridized carbons (Fsp3) is 0.364. The van der Waals surface area contributed by atoms with Gasteiger partial charge >= 0.3 is 5.97 Å². The number of methoxy groups -OCH3 is 3. The van der Waals surface area contributed by atoms with Crippen molar-refractivity contribution in [2.45, 2.75) is 19.0 Å². The largest absolute Gasteiger partial charge is 0.493 e. The van der Waals surface area contributed by atoms with Gasteiger partial charge in [0.1, 0.15) is 0 Å². The van der Waals surface area contributed by atoms with Crippen LogP contribution in [0.5, 0.6) is 11.5 Å². The standard InChI is InChI=1S/C22H28N2O5/c1-24(2)14-15-6-8-16(9-7-15)22(26)23-18(13-21(25)29-5)17-10-11-19(27-3)20(12-17)28-4/h6-12,18H,13-14H2,1-5H3,(H,23,26)/t18-/m1/s1. The van der Waals surface area contributed by atoms with Gasteiger partial charge in [-0.1, -0.05) is 18.2 Å². The molecule has 1 N–H and O–H groups in total. The highest BCUT2D eigenvalue weighted by Gasteiger charge is 2.21. The SMILES string of the molecule is COC(=O)C[C@@H](NC(=O)c1ccc(CN(C)C)cc1)c1ccc(OC)c(OC)c1. The molecule has 2 rings (SSSR count). The van der Waals surface area contributed by atoms with E-state index < -0.39 is 12.0 Å². The first kappa shape index (κ1) is 22.2. The molecule has 0 saturated heterocycles. The number of esters is 1. The normalized spacial score (nSPS) is 11.7. The number of carbonyl (C=O) groups excluding carboxylic acids is 2. The van der Waals surface area contributed by atoms with Crippen LogP contribution in [0.2, 0.25) is 0 Å². The summed E-state index contributed by atoms with van der Waals surface area (Å²) < 4.78 is 15.4. The summed E-state index contributed by atoms with van der Waals surface area (Å²) in [6, 6.07) is 12.1. The summed E-state index contributed by atoms with van der Waals surface area (Å²) in [5.41, 5.74) is 2.34. The fourth-order valence-corrected chi connectivity index (χ4v) is 2.94. The van der Waals surface area contributed by atoms with E-state index in [4.69, 9.17) is 14.2 Å². The van der Waals surface area contributed by atoms with E-state index in [1.807, 2.05) is 26.2 Å². The van der Waals surface area contributed by atoms with Crippen LogP contribution in [0.25, 0.3) is 0 Å². The minimum atomic E-state index is -0.573. The molecule has 7 nitrogen and oxygen atoms in total. The lowest BCUT2D eigenvalue weighted by Crippen LogP contribution is -2.30. The van der Waals surface area contributed by atoms with Gasteiger partial charge in [-0.25, -0.2) is 0 Å². The third-order valence-electron chi connectivity index (χ3n) is 4.43. The van der Waals surface area contributed by atoms with E-state index in [2.05, 4.69) is 10.2 Å². The van der Waals surface area contributed by atoms with E-state index in [0.717, 1.165) is 12.1 Å². The Morgan fingerprint density at radius 3 is 2.17 bits per heavy atom. The molecule has 2 aromatic rings. The average molecular weight is 400 g/mol. The maximum absolute atomic E-state index is 12.8. The highest BCUT2D eigenvalue weighted by Crippen LogP contribution is 2.31. The molecule has 7 heteroatoms. The van der Waals surface area contributed by atoms with Gasteiger partial charge in [-0.15, -0.1) is 0 Å². The molecule has 0 radical (unpaired) electrons. The molecule has 0 aliphatic rings. The molecule has 156 valence electrons.